The Morgan fingerprint density at radius 3 is 2.77 bits per heavy atom. The van der Waals surface area contributed by atoms with Crippen LogP contribution in [0.3, 0.4) is 0 Å². The molecule has 0 saturated heterocycles. The molecule has 2 heteroatoms. The fourth-order valence-electron chi connectivity index (χ4n) is 1.10. The highest BCUT2D eigenvalue weighted by atomic mass is 19.1. The first-order valence-corrected chi connectivity index (χ1v) is 4.07. The van der Waals surface area contributed by atoms with Crippen LogP contribution in [0.4, 0.5) is 4.39 Å². The first-order chi connectivity index (χ1) is 6.24. The summed E-state index contributed by atoms with van der Waals surface area (Å²) >= 11 is 0. The second-order valence-electron chi connectivity index (χ2n) is 2.89. The molecular formula is C11H11FO. The lowest BCUT2D eigenvalue weighted by Crippen LogP contribution is -1.93. The van der Waals surface area contributed by atoms with E-state index in [1.54, 1.807) is 18.2 Å². The van der Waals surface area contributed by atoms with Gasteiger partial charge >= 0.3 is 0 Å². The molecule has 0 amide bonds. The molecule has 0 spiro atoms. The van der Waals surface area contributed by atoms with E-state index in [2.05, 4.69) is 6.58 Å². The number of benzene rings is 1. The normalized spacial score (nSPS) is 9.62. The Morgan fingerprint density at radius 1 is 1.46 bits per heavy atom. The van der Waals surface area contributed by atoms with Gasteiger partial charge in [-0.15, -0.1) is 0 Å². The maximum Gasteiger partial charge on any atom is 0.126 e. The van der Waals surface area contributed by atoms with E-state index >= 15 is 0 Å². The summed E-state index contributed by atoms with van der Waals surface area (Å²) in [6, 6.07) is 6.52. The van der Waals surface area contributed by atoms with Crippen LogP contribution in [-0.4, -0.2) is 6.29 Å². The van der Waals surface area contributed by atoms with Crippen LogP contribution >= 0.6 is 0 Å². The lowest BCUT2D eigenvalue weighted by molar-refractivity contribution is -0.107. The molecule has 1 nitrogen and oxygen atoms in total. The summed E-state index contributed by atoms with van der Waals surface area (Å²) in [7, 11) is 0. The number of allylic oxidation sites excluding steroid dienone is 1. The quantitative estimate of drug-likeness (QED) is 0.511. The van der Waals surface area contributed by atoms with Gasteiger partial charge in [-0.25, -0.2) is 4.39 Å². The Balaban J connectivity index is 2.68. The Bertz CT molecular complexity index is 318. The number of hydrogen-bond donors (Lipinski definition) is 0. The van der Waals surface area contributed by atoms with Crippen molar-refractivity contribution in [1.29, 1.82) is 0 Å². The molecule has 0 aliphatic heterocycles. The van der Waals surface area contributed by atoms with Crippen LogP contribution in [0.2, 0.25) is 0 Å². The molecule has 0 heterocycles. The molecule has 0 saturated carbocycles. The van der Waals surface area contributed by atoms with Crippen molar-refractivity contribution in [3.8, 4) is 0 Å². The van der Waals surface area contributed by atoms with Gasteiger partial charge in [0.25, 0.3) is 0 Å². The van der Waals surface area contributed by atoms with Crippen molar-refractivity contribution < 1.29 is 9.18 Å². The summed E-state index contributed by atoms with van der Waals surface area (Å²) < 4.78 is 13.1. The average molecular weight is 178 g/mol. The SMILES string of the molecule is C=C(CC=O)Cc1ccccc1F. The van der Waals surface area contributed by atoms with Gasteiger partial charge in [-0.2, -0.15) is 0 Å². The third-order valence-electron chi connectivity index (χ3n) is 1.77. The molecule has 0 aliphatic carbocycles. The van der Waals surface area contributed by atoms with Gasteiger partial charge < -0.3 is 4.79 Å². The smallest absolute Gasteiger partial charge is 0.126 e. The first-order valence-electron chi connectivity index (χ1n) is 4.07. The number of carbonyl (C=O) groups is 1. The Kier molecular flexibility index (Phi) is 3.38. The molecule has 68 valence electrons. The Hall–Kier alpha value is -1.44. The largest absolute Gasteiger partial charge is 0.303 e. The molecule has 1 aromatic rings. The topological polar surface area (TPSA) is 17.1 Å². The number of aldehydes is 1. The molecule has 0 fully saturated rings. The number of rotatable bonds is 4. The van der Waals surface area contributed by atoms with Crippen LogP contribution < -0.4 is 0 Å². The lowest BCUT2D eigenvalue weighted by Gasteiger charge is -2.02. The first kappa shape index (κ1) is 9.65. The van der Waals surface area contributed by atoms with E-state index in [1.807, 2.05) is 0 Å². The maximum absolute atomic E-state index is 13.1. The average Bonchev–Trinajstić information content (AvgIpc) is 2.09. The van der Waals surface area contributed by atoms with Gasteiger partial charge in [-0.1, -0.05) is 30.4 Å². The summed E-state index contributed by atoms with van der Waals surface area (Å²) in [5.74, 6) is -0.241. The summed E-state index contributed by atoms with van der Waals surface area (Å²) in [4.78, 5) is 10.1. The molecule has 1 aromatic carbocycles. The van der Waals surface area contributed by atoms with Crippen LogP contribution in [0.15, 0.2) is 36.4 Å². The second kappa shape index (κ2) is 4.55. The van der Waals surface area contributed by atoms with Crippen LogP contribution in [-0.2, 0) is 11.2 Å². The van der Waals surface area contributed by atoms with Crippen molar-refractivity contribution in [2.75, 3.05) is 0 Å². The van der Waals surface area contributed by atoms with Gasteiger partial charge in [0.05, 0.1) is 0 Å². The zero-order valence-corrected chi connectivity index (χ0v) is 7.29. The van der Waals surface area contributed by atoms with E-state index in [4.69, 9.17) is 0 Å². The van der Waals surface area contributed by atoms with Gasteiger partial charge in [0, 0.05) is 6.42 Å². The number of carbonyl (C=O) groups excluding carboxylic acids is 1. The Labute approximate surface area is 76.9 Å². The van der Waals surface area contributed by atoms with Crippen molar-refractivity contribution in [2.24, 2.45) is 0 Å². The summed E-state index contributed by atoms with van der Waals surface area (Å²) in [5.41, 5.74) is 1.33. The molecule has 1 rings (SSSR count). The highest BCUT2D eigenvalue weighted by molar-refractivity contribution is 5.54. The van der Waals surface area contributed by atoms with Gasteiger partial charge in [0.1, 0.15) is 12.1 Å². The van der Waals surface area contributed by atoms with Crippen LogP contribution in [0.5, 0.6) is 0 Å². The van der Waals surface area contributed by atoms with E-state index in [0.29, 0.717) is 18.4 Å². The van der Waals surface area contributed by atoms with Crippen LogP contribution in [0.25, 0.3) is 0 Å². The molecule has 0 atom stereocenters. The Morgan fingerprint density at radius 2 is 2.15 bits per heavy atom. The van der Waals surface area contributed by atoms with Gasteiger partial charge in [-0.05, 0) is 18.1 Å². The van der Waals surface area contributed by atoms with Crippen molar-refractivity contribution in [2.45, 2.75) is 12.8 Å². The van der Waals surface area contributed by atoms with Gasteiger partial charge in [0.2, 0.25) is 0 Å². The monoisotopic (exact) mass is 178 g/mol. The minimum absolute atomic E-state index is 0.241. The highest BCUT2D eigenvalue weighted by Crippen LogP contribution is 2.12. The fraction of sp³-hybridized carbons (Fsp3) is 0.182. The number of halogens is 1. The zero-order chi connectivity index (χ0) is 9.68. The molecule has 0 N–H and O–H groups in total. The third-order valence-corrected chi connectivity index (χ3v) is 1.77. The minimum Gasteiger partial charge on any atom is -0.303 e. The van der Waals surface area contributed by atoms with Crippen molar-refractivity contribution in [3.63, 3.8) is 0 Å². The molecule has 0 aromatic heterocycles. The lowest BCUT2D eigenvalue weighted by atomic mass is 10.0. The summed E-state index contributed by atoms with van der Waals surface area (Å²) in [6.07, 6.45) is 1.52. The van der Waals surface area contributed by atoms with E-state index in [0.717, 1.165) is 11.9 Å². The van der Waals surface area contributed by atoms with Crippen molar-refractivity contribution >= 4 is 6.29 Å². The standard InChI is InChI=1S/C11H11FO/c1-9(6-7-13)8-10-4-2-3-5-11(10)12/h2-5,7H,1,6,8H2. The highest BCUT2D eigenvalue weighted by Gasteiger charge is 2.01. The number of hydrogen-bond acceptors (Lipinski definition) is 1. The second-order valence-corrected chi connectivity index (χ2v) is 2.89. The van der Waals surface area contributed by atoms with Crippen molar-refractivity contribution in [3.05, 3.63) is 47.8 Å². The molecular weight excluding hydrogens is 167 g/mol. The van der Waals surface area contributed by atoms with Crippen LogP contribution in [0, 0.1) is 5.82 Å². The predicted octanol–water partition coefficient (Wildman–Crippen LogP) is 2.51. The summed E-state index contributed by atoms with van der Waals surface area (Å²) in [6.45, 7) is 3.68. The maximum atomic E-state index is 13.1. The van der Waals surface area contributed by atoms with E-state index in [9.17, 15) is 9.18 Å². The van der Waals surface area contributed by atoms with Gasteiger partial charge in [0.15, 0.2) is 0 Å². The van der Waals surface area contributed by atoms with Crippen molar-refractivity contribution in [1.82, 2.24) is 0 Å². The fourth-order valence-corrected chi connectivity index (χ4v) is 1.10. The molecule has 0 unspecified atom stereocenters. The molecule has 0 bridgehead atoms. The minimum atomic E-state index is -0.241. The van der Waals surface area contributed by atoms with Crippen LogP contribution in [0.1, 0.15) is 12.0 Å². The summed E-state index contributed by atoms with van der Waals surface area (Å²) in [5, 5.41) is 0. The van der Waals surface area contributed by atoms with E-state index < -0.39 is 0 Å². The zero-order valence-electron chi connectivity index (χ0n) is 7.29. The van der Waals surface area contributed by atoms with E-state index in [-0.39, 0.29) is 5.82 Å². The van der Waals surface area contributed by atoms with E-state index in [1.165, 1.54) is 6.07 Å². The predicted molar refractivity (Wildman–Crippen MR) is 49.9 cm³/mol. The molecule has 13 heavy (non-hydrogen) atoms. The molecule has 0 radical (unpaired) electrons. The third kappa shape index (κ3) is 2.82. The molecule has 0 aliphatic rings. The van der Waals surface area contributed by atoms with Gasteiger partial charge in [-0.3, -0.25) is 0 Å².